The molecule has 0 radical (unpaired) electrons. The summed E-state index contributed by atoms with van der Waals surface area (Å²) in [5, 5.41) is 7.65. The topological polar surface area (TPSA) is 75.4 Å². The van der Waals surface area contributed by atoms with Crippen LogP contribution in [0.25, 0.3) is 0 Å². The van der Waals surface area contributed by atoms with Gasteiger partial charge in [-0.25, -0.2) is 0 Å². The molecule has 1 N–H and O–H groups in total. The van der Waals surface area contributed by atoms with Gasteiger partial charge in [0.15, 0.2) is 11.5 Å². The Morgan fingerprint density at radius 2 is 1.85 bits per heavy atom. The Kier molecular flexibility index (Phi) is 7.68. The Labute approximate surface area is 202 Å². The highest BCUT2D eigenvalue weighted by molar-refractivity contribution is 6.42. The Balaban J connectivity index is 1.38. The number of hydrogen-bond acceptors (Lipinski definition) is 4. The van der Waals surface area contributed by atoms with Crippen molar-refractivity contribution in [1.82, 2.24) is 15.4 Å². The molecule has 4 rings (SSSR count). The zero-order chi connectivity index (χ0) is 23.2. The number of amides is 2. The number of benzene rings is 2. The normalized spacial score (nSPS) is 15.9. The molecule has 1 aliphatic heterocycles. The number of carbonyl (C=O) groups is 2. The van der Waals surface area contributed by atoms with Gasteiger partial charge in [0.25, 0.3) is 5.91 Å². The van der Waals surface area contributed by atoms with Crippen LogP contribution in [0.15, 0.2) is 59.1 Å². The first-order valence-electron chi connectivity index (χ1n) is 11.0. The zero-order valence-corrected chi connectivity index (χ0v) is 19.6. The van der Waals surface area contributed by atoms with Gasteiger partial charge >= 0.3 is 0 Å². The van der Waals surface area contributed by atoms with Gasteiger partial charge in [-0.3, -0.25) is 9.59 Å². The molecule has 0 saturated carbocycles. The molecule has 1 saturated heterocycles. The van der Waals surface area contributed by atoms with Gasteiger partial charge in [0.2, 0.25) is 5.91 Å². The van der Waals surface area contributed by atoms with Gasteiger partial charge in [0.05, 0.1) is 16.1 Å². The number of aryl methyl sites for hydroxylation is 1. The molecule has 6 nitrogen and oxygen atoms in total. The molecule has 0 bridgehead atoms. The summed E-state index contributed by atoms with van der Waals surface area (Å²) in [6.07, 6.45) is 3.87. The third-order valence-corrected chi connectivity index (χ3v) is 6.56. The molecule has 1 atom stereocenters. The molecule has 0 aliphatic carbocycles. The van der Waals surface area contributed by atoms with Crippen LogP contribution in [0.5, 0.6) is 0 Å². The van der Waals surface area contributed by atoms with Gasteiger partial charge in [-0.05, 0) is 48.9 Å². The summed E-state index contributed by atoms with van der Waals surface area (Å²) in [4.78, 5) is 27.4. The van der Waals surface area contributed by atoms with Crippen molar-refractivity contribution in [3.63, 3.8) is 0 Å². The van der Waals surface area contributed by atoms with E-state index < -0.39 is 0 Å². The van der Waals surface area contributed by atoms with Crippen molar-refractivity contribution in [3.05, 3.63) is 87.2 Å². The minimum Gasteiger partial charge on any atom is -0.358 e. The lowest BCUT2D eigenvalue weighted by Gasteiger charge is -2.34. The highest BCUT2D eigenvalue weighted by Gasteiger charge is 2.31. The van der Waals surface area contributed by atoms with E-state index in [4.69, 9.17) is 27.7 Å². The van der Waals surface area contributed by atoms with E-state index in [1.54, 1.807) is 24.3 Å². The van der Waals surface area contributed by atoms with Crippen molar-refractivity contribution < 1.29 is 14.1 Å². The minimum atomic E-state index is -0.353. The molecule has 1 unspecified atom stereocenters. The molecule has 2 amide bonds. The Morgan fingerprint density at radius 3 is 2.64 bits per heavy atom. The van der Waals surface area contributed by atoms with Crippen LogP contribution in [-0.4, -0.2) is 28.4 Å². The van der Waals surface area contributed by atoms with E-state index >= 15 is 0 Å². The highest BCUT2D eigenvalue weighted by Crippen LogP contribution is 2.32. The number of nitrogens with one attached hydrogen (secondary N) is 1. The van der Waals surface area contributed by atoms with Crippen molar-refractivity contribution in [2.75, 3.05) is 6.54 Å². The molecule has 0 spiro atoms. The molecular weight excluding hydrogens is 461 g/mol. The van der Waals surface area contributed by atoms with Crippen LogP contribution < -0.4 is 5.32 Å². The fraction of sp³-hybridized carbons (Fsp3) is 0.320. The van der Waals surface area contributed by atoms with Crippen LogP contribution in [0.3, 0.4) is 0 Å². The second-order valence-electron chi connectivity index (χ2n) is 8.13. The second kappa shape index (κ2) is 10.9. The van der Waals surface area contributed by atoms with E-state index in [1.807, 2.05) is 35.2 Å². The smallest absolute Gasteiger partial charge is 0.273 e. The van der Waals surface area contributed by atoms with Crippen LogP contribution in [-0.2, 0) is 17.8 Å². The van der Waals surface area contributed by atoms with Gasteiger partial charge in [-0.15, -0.1) is 0 Å². The average molecular weight is 486 g/mol. The minimum absolute atomic E-state index is 0.0885. The van der Waals surface area contributed by atoms with Gasteiger partial charge in [0.1, 0.15) is 0 Å². The average Bonchev–Trinajstić information content (AvgIpc) is 3.34. The number of nitrogens with zero attached hydrogens (tertiary/aromatic N) is 2. The summed E-state index contributed by atoms with van der Waals surface area (Å²) < 4.78 is 5.51. The maximum Gasteiger partial charge on any atom is 0.273 e. The number of carbonyl (C=O) groups excluding carboxylic acids is 2. The molecule has 3 aromatic rings. The molecular formula is C25H25Cl2N3O3. The number of rotatable bonds is 7. The monoisotopic (exact) mass is 485 g/mol. The predicted octanol–water partition coefficient (Wildman–Crippen LogP) is 5.60. The summed E-state index contributed by atoms with van der Waals surface area (Å²) in [6, 6.07) is 16.6. The van der Waals surface area contributed by atoms with E-state index in [1.165, 1.54) is 0 Å². The molecule has 1 fully saturated rings. The van der Waals surface area contributed by atoms with Crippen molar-refractivity contribution in [2.24, 2.45) is 0 Å². The first-order chi connectivity index (χ1) is 16.0. The molecule has 33 heavy (non-hydrogen) atoms. The zero-order valence-electron chi connectivity index (χ0n) is 18.1. The summed E-state index contributed by atoms with van der Waals surface area (Å²) in [5.41, 5.74) is 2.15. The summed E-state index contributed by atoms with van der Waals surface area (Å²) in [6.45, 7) is 0.962. The van der Waals surface area contributed by atoms with Gasteiger partial charge in [0, 0.05) is 25.6 Å². The lowest BCUT2D eigenvalue weighted by atomic mass is 9.98. The number of piperidine rings is 1. The van der Waals surface area contributed by atoms with Gasteiger partial charge < -0.3 is 14.7 Å². The maximum absolute atomic E-state index is 13.0. The van der Waals surface area contributed by atoms with Crippen LogP contribution >= 0.6 is 23.2 Å². The lowest BCUT2D eigenvalue weighted by molar-refractivity contribution is -0.135. The van der Waals surface area contributed by atoms with E-state index in [2.05, 4.69) is 10.5 Å². The van der Waals surface area contributed by atoms with Gasteiger partial charge in [-0.2, -0.15) is 0 Å². The third kappa shape index (κ3) is 5.95. The van der Waals surface area contributed by atoms with Crippen molar-refractivity contribution in [1.29, 1.82) is 0 Å². The van der Waals surface area contributed by atoms with Crippen LogP contribution in [0.4, 0.5) is 0 Å². The fourth-order valence-electron chi connectivity index (χ4n) is 4.04. The van der Waals surface area contributed by atoms with E-state index in [9.17, 15) is 9.59 Å². The van der Waals surface area contributed by atoms with Crippen molar-refractivity contribution in [3.8, 4) is 0 Å². The maximum atomic E-state index is 13.0. The molecule has 2 heterocycles. The molecule has 8 heteroatoms. The lowest BCUT2D eigenvalue weighted by Crippen LogP contribution is -2.38. The molecule has 1 aromatic heterocycles. The number of likely N-dealkylation sites (tertiary alicyclic amines) is 1. The van der Waals surface area contributed by atoms with Crippen molar-refractivity contribution >= 4 is 35.0 Å². The highest BCUT2D eigenvalue weighted by atomic mass is 35.5. The molecule has 1 aliphatic rings. The summed E-state index contributed by atoms with van der Waals surface area (Å²) in [7, 11) is 0. The van der Waals surface area contributed by atoms with E-state index in [0.717, 1.165) is 30.4 Å². The molecule has 2 aromatic carbocycles. The quantitative estimate of drug-likeness (QED) is 0.472. The summed E-state index contributed by atoms with van der Waals surface area (Å²) >= 11 is 12.0. The van der Waals surface area contributed by atoms with E-state index in [-0.39, 0.29) is 30.1 Å². The van der Waals surface area contributed by atoms with Gasteiger partial charge in [-0.1, -0.05) is 64.8 Å². The van der Waals surface area contributed by atoms with Crippen LogP contribution in [0.1, 0.15) is 59.1 Å². The van der Waals surface area contributed by atoms with E-state index in [0.29, 0.717) is 35.2 Å². The Hall–Kier alpha value is -2.83. The fourth-order valence-corrected chi connectivity index (χ4v) is 4.36. The first-order valence-corrected chi connectivity index (χ1v) is 11.8. The predicted molar refractivity (Wildman–Crippen MR) is 127 cm³/mol. The first kappa shape index (κ1) is 23.3. The molecule has 172 valence electrons. The van der Waals surface area contributed by atoms with Crippen LogP contribution in [0, 0.1) is 0 Å². The number of hydrogen-bond donors (Lipinski definition) is 1. The number of aromatic nitrogens is 1. The summed E-state index contributed by atoms with van der Waals surface area (Å²) in [5.74, 6) is 0.279. The van der Waals surface area contributed by atoms with Crippen LogP contribution in [0.2, 0.25) is 10.0 Å². The Bertz CT molecular complexity index is 1120. The third-order valence-electron chi connectivity index (χ3n) is 5.82. The SMILES string of the molecule is O=C(NCc1ccc(Cl)c(Cl)c1)c1cc(C2CCCCN2C(=O)CCc2ccccc2)on1. The standard InChI is InChI=1S/C25H25Cl2N3O3/c26-19-11-9-18(14-20(19)27)16-28-25(32)21-15-23(33-29-21)22-8-4-5-13-30(22)24(31)12-10-17-6-2-1-3-7-17/h1-3,6-7,9,11,14-15,22H,4-5,8,10,12-13,16H2,(H,28,32). The Morgan fingerprint density at radius 1 is 1.03 bits per heavy atom. The second-order valence-corrected chi connectivity index (χ2v) is 8.94. The largest absolute Gasteiger partial charge is 0.358 e. The van der Waals surface area contributed by atoms with Crippen molar-refractivity contribution in [2.45, 2.75) is 44.7 Å². The number of halogens is 2.